The highest BCUT2D eigenvalue weighted by atomic mass is 16.4. The fourth-order valence-corrected chi connectivity index (χ4v) is 1.14. The van der Waals surface area contributed by atoms with Crippen molar-refractivity contribution in [2.45, 2.75) is 13.5 Å². The molecule has 0 aromatic carbocycles. The van der Waals surface area contributed by atoms with Crippen molar-refractivity contribution in [1.29, 1.82) is 0 Å². The maximum Gasteiger partial charge on any atom is 0.309 e. The summed E-state index contributed by atoms with van der Waals surface area (Å²) in [6.45, 7) is 1.96. The molecule has 0 saturated carbocycles. The summed E-state index contributed by atoms with van der Waals surface area (Å²) in [6, 6.07) is 5.48. The number of carbonyl (C=O) groups is 1. The number of pyridine rings is 1. The third kappa shape index (κ3) is 2.41. The van der Waals surface area contributed by atoms with Crippen molar-refractivity contribution in [3.8, 4) is 0 Å². The molecular weight excluding hydrogens is 208 g/mol. The number of nitrogens with one attached hydrogen (secondary N) is 1. The van der Waals surface area contributed by atoms with E-state index in [0.717, 1.165) is 5.69 Å². The van der Waals surface area contributed by atoms with E-state index in [1.165, 1.54) is 0 Å². The van der Waals surface area contributed by atoms with Gasteiger partial charge in [-0.3, -0.25) is 9.78 Å². The lowest BCUT2D eigenvalue weighted by Crippen LogP contribution is -2.23. The second kappa shape index (κ2) is 4.52. The summed E-state index contributed by atoms with van der Waals surface area (Å²) in [5.41, 5.74) is 0.770. The van der Waals surface area contributed by atoms with Gasteiger partial charge in [0.2, 0.25) is 5.89 Å². The summed E-state index contributed by atoms with van der Waals surface area (Å²) in [7, 11) is 0. The SMILES string of the molecule is Cc1nnc(C(=O)NCc2ccccn2)o1. The zero-order valence-electron chi connectivity index (χ0n) is 8.67. The largest absolute Gasteiger partial charge is 0.417 e. The first kappa shape index (κ1) is 10.3. The van der Waals surface area contributed by atoms with E-state index in [9.17, 15) is 4.79 Å². The van der Waals surface area contributed by atoms with Crippen LogP contribution < -0.4 is 5.32 Å². The van der Waals surface area contributed by atoms with Crippen molar-refractivity contribution in [2.75, 3.05) is 0 Å². The molecule has 2 heterocycles. The Morgan fingerprint density at radius 3 is 2.94 bits per heavy atom. The Kier molecular flexibility index (Phi) is 2.90. The second-order valence-corrected chi connectivity index (χ2v) is 3.13. The number of amides is 1. The van der Waals surface area contributed by atoms with Crippen molar-refractivity contribution in [3.05, 3.63) is 41.9 Å². The molecule has 0 saturated heterocycles. The fourth-order valence-electron chi connectivity index (χ4n) is 1.14. The summed E-state index contributed by atoms with van der Waals surface area (Å²) in [4.78, 5) is 15.6. The van der Waals surface area contributed by atoms with Gasteiger partial charge in [-0.1, -0.05) is 6.07 Å². The third-order valence-electron chi connectivity index (χ3n) is 1.88. The fraction of sp³-hybridized carbons (Fsp3) is 0.200. The van der Waals surface area contributed by atoms with Crippen LogP contribution in [0.15, 0.2) is 28.8 Å². The molecule has 16 heavy (non-hydrogen) atoms. The number of carbonyl (C=O) groups excluding carboxylic acids is 1. The molecular formula is C10H10N4O2. The van der Waals surface area contributed by atoms with E-state index in [2.05, 4.69) is 20.5 Å². The van der Waals surface area contributed by atoms with E-state index >= 15 is 0 Å². The standard InChI is InChI=1S/C10H10N4O2/c1-7-13-14-10(16-7)9(15)12-6-8-4-2-3-5-11-8/h2-5H,6H2,1H3,(H,12,15). The highest BCUT2D eigenvalue weighted by Crippen LogP contribution is 1.98. The van der Waals surface area contributed by atoms with E-state index in [1.807, 2.05) is 18.2 Å². The summed E-state index contributed by atoms with van der Waals surface area (Å²) >= 11 is 0. The molecule has 1 N–H and O–H groups in total. The molecule has 1 amide bonds. The Morgan fingerprint density at radius 1 is 1.44 bits per heavy atom. The van der Waals surface area contributed by atoms with Gasteiger partial charge in [0.15, 0.2) is 0 Å². The molecule has 2 aromatic heterocycles. The topological polar surface area (TPSA) is 80.9 Å². The Balaban J connectivity index is 1.94. The van der Waals surface area contributed by atoms with Crippen LogP contribution in [0.2, 0.25) is 0 Å². The van der Waals surface area contributed by atoms with E-state index in [0.29, 0.717) is 12.4 Å². The number of nitrogens with zero attached hydrogens (tertiary/aromatic N) is 3. The molecule has 82 valence electrons. The lowest BCUT2D eigenvalue weighted by atomic mass is 10.3. The van der Waals surface area contributed by atoms with Crippen LogP contribution in [0.4, 0.5) is 0 Å². The van der Waals surface area contributed by atoms with E-state index in [-0.39, 0.29) is 5.89 Å². The summed E-state index contributed by atoms with van der Waals surface area (Å²) in [5.74, 6) is -0.0670. The molecule has 6 nitrogen and oxygen atoms in total. The van der Waals surface area contributed by atoms with Gasteiger partial charge in [0.1, 0.15) is 0 Å². The van der Waals surface area contributed by atoms with Gasteiger partial charge in [-0.2, -0.15) is 0 Å². The zero-order valence-corrected chi connectivity index (χ0v) is 8.67. The first-order valence-electron chi connectivity index (χ1n) is 4.74. The zero-order chi connectivity index (χ0) is 11.4. The minimum absolute atomic E-state index is 0.0339. The molecule has 0 fully saturated rings. The average molecular weight is 218 g/mol. The van der Waals surface area contributed by atoms with E-state index in [1.54, 1.807) is 13.1 Å². The summed E-state index contributed by atoms with van der Waals surface area (Å²) < 4.78 is 4.98. The minimum Gasteiger partial charge on any atom is -0.417 e. The van der Waals surface area contributed by atoms with Crippen LogP contribution in [0, 0.1) is 6.92 Å². The van der Waals surface area contributed by atoms with Crippen LogP contribution >= 0.6 is 0 Å². The average Bonchev–Trinajstić information content (AvgIpc) is 2.74. The van der Waals surface area contributed by atoms with Crippen molar-refractivity contribution in [2.24, 2.45) is 0 Å². The first-order chi connectivity index (χ1) is 7.75. The predicted octanol–water partition coefficient (Wildman–Crippen LogP) is 0.703. The highest BCUT2D eigenvalue weighted by Gasteiger charge is 2.12. The maximum atomic E-state index is 11.5. The molecule has 0 aliphatic carbocycles. The van der Waals surface area contributed by atoms with Gasteiger partial charge in [0.25, 0.3) is 0 Å². The van der Waals surface area contributed by atoms with Crippen LogP contribution in [-0.2, 0) is 6.54 Å². The predicted molar refractivity (Wildman–Crippen MR) is 54.4 cm³/mol. The summed E-state index contributed by atoms with van der Waals surface area (Å²) in [6.07, 6.45) is 1.67. The van der Waals surface area contributed by atoms with Gasteiger partial charge in [-0.25, -0.2) is 0 Å². The van der Waals surface area contributed by atoms with Crippen molar-refractivity contribution in [3.63, 3.8) is 0 Å². The first-order valence-corrected chi connectivity index (χ1v) is 4.74. The normalized spacial score (nSPS) is 10.1. The molecule has 0 radical (unpaired) electrons. The number of hydrogen-bond acceptors (Lipinski definition) is 5. The smallest absolute Gasteiger partial charge is 0.309 e. The Morgan fingerprint density at radius 2 is 2.31 bits per heavy atom. The molecule has 0 spiro atoms. The quantitative estimate of drug-likeness (QED) is 0.820. The Hall–Kier alpha value is -2.24. The van der Waals surface area contributed by atoms with Crippen LogP contribution in [0.25, 0.3) is 0 Å². The van der Waals surface area contributed by atoms with Gasteiger partial charge in [-0.15, -0.1) is 10.2 Å². The van der Waals surface area contributed by atoms with Crippen molar-refractivity contribution >= 4 is 5.91 Å². The maximum absolute atomic E-state index is 11.5. The lowest BCUT2D eigenvalue weighted by molar-refractivity contribution is 0.0914. The van der Waals surface area contributed by atoms with Gasteiger partial charge in [0, 0.05) is 13.1 Å². The third-order valence-corrected chi connectivity index (χ3v) is 1.88. The van der Waals surface area contributed by atoms with E-state index < -0.39 is 5.91 Å². The molecule has 0 aliphatic heterocycles. The van der Waals surface area contributed by atoms with Crippen LogP contribution in [-0.4, -0.2) is 21.1 Å². The molecule has 0 atom stereocenters. The van der Waals surface area contributed by atoms with Crippen molar-refractivity contribution in [1.82, 2.24) is 20.5 Å². The van der Waals surface area contributed by atoms with Gasteiger partial charge >= 0.3 is 11.8 Å². The van der Waals surface area contributed by atoms with Gasteiger partial charge in [0.05, 0.1) is 12.2 Å². The highest BCUT2D eigenvalue weighted by molar-refractivity contribution is 5.89. The molecule has 6 heteroatoms. The molecule has 2 rings (SSSR count). The number of aromatic nitrogens is 3. The monoisotopic (exact) mass is 218 g/mol. The number of rotatable bonds is 3. The van der Waals surface area contributed by atoms with Crippen LogP contribution in [0.3, 0.4) is 0 Å². The molecule has 2 aromatic rings. The minimum atomic E-state index is -0.397. The van der Waals surface area contributed by atoms with Crippen molar-refractivity contribution < 1.29 is 9.21 Å². The lowest BCUT2D eigenvalue weighted by Gasteiger charge is -2.00. The Labute approximate surface area is 91.7 Å². The summed E-state index contributed by atoms with van der Waals surface area (Å²) in [5, 5.41) is 9.81. The van der Waals surface area contributed by atoms with Crippen LogP contribution in [0.1, 0.15) is 22.3 Å². The Bertz CT molecular complexity index is 481. The number of aryl methyl sites for hydroxylation is 1. The van der Waals surface area contributed by atoms with E-state index in [4.69, 9.17) is 4.42 Å². The van der Waals surface area contributed by atoms with Gasteiger partial charge in [-0.05, 0) is 12.1 Å². The molecule has 0 unspecified atom stereocenters. The van der Waals surface area contributed by atoms with Crippen LogP contribution in [0.5, 0.6) is 0 Å². The number of hydrogen-bond donors (Lipinski definition) is 1. The second-order valence-electron chi connectivity index (χ2n) is 3.13. The molecule has 0 aliphatic rings. The van der Waals surface area contributed by atoms with Gasteiger partial charge < -0.3 is 9.73 Å². The molecule has 0 bridgehead atoms.